The second-order valence-electron chi connectivity index (χ2n) is 3.42. The van der Waals surface area contributed by atoms with E-state index >= 15 is 0 Å². The van der Waals surface area contributed by atoms with Crippen molar-refractivity contribution < 1.29 is 18.9 Å². The first-order chi connectivity index (χ1) is 6.95. The molecule has 4 nitrogen and oxygen atoms in total. The highest BCUT2D eigenvalue weighted by Crippen LogP contribution is 2.11. The van der Waals surface area contributed by atoms with Crippen molar-refractivity contribution in [2.24, 2.45) is 0 Å². The normalized spacial score (nSPS) is 30.0. The van der Waals surface area contributed by atoms with E-state index in [-0.39, 0.29) is 6.29 Å². The van der Waals surface area contributed by atoms with Crippen molar-refractivity contribution in [2.75, 3.05) is 26.4 Å². The maximum Gasteiger partial charge on any atom is 0.199 e. The van der Waals surface area contributed by atoms with Gasteiger partial charge in [-0.2, -0.15) is 0 Å². The molecule has 0 N–H and O–H groups in total. The van der Waals surface area contributed by atoms with Gasteiger partial charge in [0.1, 0.15) is 6.10 Å². The first kappa shape index (κ1) is 9.96. The molecule has 0 saturated carbocycles. The van der Waals surface area contributed by atoms with Crippen LogP contribution in [0.2, 0.25) is 0 Å². The molecule has 2 rings (SSSR count). The summed E-state index contributed by atoms with van der Waals surface area (Å²) in [7, 11) is 0. The molecule has 80 valence electrons. The smallest absolute Gasteiger partial charge is 0.199 e. The van der Waals surface area contributed by atoms with Gasteiger partial charge < -0.3 is 18.9 Å². The zero-order valence-corrected chi connectivity index (χ0v) is 8.19. The van der Waals surface area contributed by atoms with Gasteiger partial charge in [-0.3, -0.25) is 0 Å². The number of hydrogen-bond acceptors (Lipinski definition) is 4. The van der Waals surface area contributed by atoms with E-state index in [0.717, 1.165) is 19.4 Å². The van der Waals surface area contributed by atoms with Gasteiger partial charge in [0.15, 0.2) is 6.29 Å². The maximum absolute atomic E-state index is 5.45. The number of ether oxygens (including phenoxy) is 4. The highest BCUT2D eigenvalue weighted by atomic mass is 16.7. The minimum absolute atomic E-state index is 0.0826. The zero-order valence-electron chi connectivity index (χ0n) is 8.19. The van der Waals surface area contributed by atoms with E-state index < -0.39 is 0 Å². The van der Waals surface area contributed by atoms with Gasteiger partial charge in [0.25, 0.3) is 0 Å². The van der Waals surface area contributed by atoms with Crippen LogP contribution in [0.1, 0.15) is 12.8 Å². The van der Waals surface area contributed by atoms with E-state index in [1.807, 2.05) is 6.08 Å². The van der Waals surface area contributed by atoms with Gasteiger partial charge in [-0.15, -0.1) is 0 Å². The molecule has 0 aromatic carbocycles. The molecule has 0 aromatic rings. The van der Waals surface area contributed by atoms with Crippen LogP contribution < -0.4 is 0 Å². The third-order valence-electron chi connectivity index (χ3n) is 2.13. The summed E-state index contributed by atoms with van der Waals surface area (Å²) in [5.74, 6) is 0. The molecular weight excluding hydrogens is 184 g/mol. The largest absolute Gasteiger partial charge is 0.473 e. The van der Waals surface area contributed by atoms with E-state index in [2.05, 4.69) is 0 Å². The quantitative estimate of drug-likeness (QED) is 0.475. The summed E-state index contributed by atoms with van der Waals surface area (Å²) in [5.41, 5.74) is 0. The molecule has 0 bridgehead atoms. The van der Waals surface area contributed by atoms with Crippen LogP contribution in [0.25, 0.3) is 0 Å². The van der Waals surface area contributed by atoms with E-state index in [4.69, 9.17) is 18.9 Å². The Morgan fingerprint density at radius 1 is 1.36 bits per heavy atom. The molecule has 2 unspecified atom stereocenters. The second kappa shape index (κ2) is 5.34. The van der Waals surface area contributed by atoms with Gasteiger partial charge in [-0.1, -0.05) is 0 Å². The van der Waals surface area contributed by atoms with E-state index in [0.29, 0.717) is 25.9 Å². The lowest BCUT2D eigenvalue weighted by Crippen LogP contribution is -2.20. The number of hydrogen-bond donors (Lipinski definition) is 0. The van der Waals surface area contributed by atoms with Gasteiger partial charge in [-0.25, -0.2) is 0 Å². The molecule has 14 heavy (non-hydrogen) atoms. The molecule has 2 aliphatic rings. The topological polar surface area (TPSA) is 40.2 Å². The highest BCUT2D eigenvalue weighted by molar-refractivity contribution is 4.79. The third-order valence-corrected chi connectivity index (χ3v) is 2.13. The van der Waals surface area contributed by atoms with Crippen LogP contribution in [0.4, 0.5) is 0 Å². The Hall–Kier alpha value is -0.580. The van der Waals surface area contributed by atoms with Crippen LogP contribution in [0.5, 0.6) is 0 Å². The predicted octanol–water partition coefficient (Wildman–Crippen LogP) is 1.07. The van der Waals surface area contributed by atoms with Gasteiger partial charge in [0.2, 0.25) is 0 Å². The van der Waals surface area contributed by atoms with Crippen LogP contribution in [-0.4, -0.2) is 38.8 Å². The van der Waals surface area contributed by atoms with Gasteiger partial charge in [0.05, 0.1) is 32.7 Å². The van der Waals surface area contributed by atoms with Crippen LogP contribution in [0.3, 0.4) is 0 Å². The average molecular weight is 200 g/mol. The summed E-state index contributed by atoms with van der Waals surface area (Å²) in [5, 5.41) is 0. The van der Waals surface area contributed by atoms with Crippen molar-refractivity contribution in [1.29, 1.82) is 0 Å². The monoisotopic (exact) mass is 200 g/mol. The number of rotatable bonds is 6. The molecule has 0 aromatic heterocycles. The molecule has 2 aliphatic heterocycles. The second-order valence-corrected chi connectivity index (χ2v) is 3.42. The Morgan fingerprint density at radius 3 is 3.00 bits per heavy atom. The number of allylic oxidation sites excluding steroid dienone is 1. The highest BCUT2D eigenvalue weighted by Gasteiger charge is 2.22. The Balaban J connectivity index is 1.43. The van der Waals surface area contributed by atoms with Crippen molar-refractivity contribution in [3.8, 4) is 0 Å². The fourth-order valence-corrected chi connectivity index (χ4v) is 1.25. The van der Waals surface area contributed by atoms with E-state index in [9.17, 15) is 0 Å². The fourth-order valence-electron chi connectivity index (χ4n) is 1.25. The molecule has 0 amide bonds. The van der Waals surface area contributed by atoms with E-state index in [1.54, 1.807) is 6.26 Å². The van der Waals surface area contributed by atoms with Crippen molar-refractivity contribution >= 4 is 0 Å². The summed E-state index contributed by atoms with van der Waals surface area (Å²) in [4.78, 5) is 0. The molecule has 4 heteroatoms. The first-order valence-electron chi connectivity index (χ1n) is 5.06. The molecule has 1 saturated heterocycles. The van der Waals surface area contributed by atoms with Gasteiger partial charge >= 0.3 is 0 Å². The van der Waals surface area contributed by atoms with Crippen molar-refractivity contribution in [2.45, 2.75) is 25.2 Å². The summed E-state index contributed by atoms with van der Waals surface area (Å²) >= 11 is 0. The van der Waals surface area contributed by atoms with Crippen molar-refractivity contribution in [1.82, 2.24) is 0 Å². The lowest BCUT2D eigenvalue weighted by molar-refractivity contribution is -0.126. The lowest BCUT2D eigenvalue weighted by atomic mass is 10.3. The zero-order chi connectivity index (χ0) is 9.64. The van der Waals surface area contributed by atoms with Gasteiger partial charge in [0, 0.05) is 6.42 Å². The maximum atomic E-state index is 5.45. The van der Waals surface area contributed by atoms with Crippen molar-refractivity contribution in [3.63, 3.8) is 0 Å². The molecule has 2 heterocycles. The predicted molar refractivity (Wildman–Crippen MR) is 49.8 cm³/mol. The Bertz CT molecular complexity index is 189. The standard InChI is InChI=1S/C10H16O4/c1-2-4-12-10(3-1)13-6-5-11-7-9-8-14-9/h2,4,9-10H,1,3,5-8H2. The van der Waals surface area contributed by atoms with Crippen LogP contribution in [0, 0.1) is 0 Å². The minimum atomic E-state index is -0.0826. The molecule has 1 fully saturated rings. The summed E-state index contributed by atoms with van der Waals surface area (Å²) in [6.45, 7) is 2.74. The molecule has 0 spiro atoms. The SMILES string of the molecule is C1=COC(OCCOCC2CO2)CC1. The van der Waals surface area contributed by atoms with E-state index in [1.165, 1.54) is 0 Å². The van der Waals surface area contributed by atoms with Gasteiger partial charge in [-0.05, 0) is 12.5 Å². The van der Waals surface area contributed by atoms with Crippen LogP contribution >= 0.6 is 0 Å². The Labute approximate surface area is 83.8 Å². The summed E-state index contributed by atoms with van der Waals surface area (Å²) in [6.07, 6.45) is 5.92. The lowest BCUT2D eigenvalue weighted by Gasteiger charge is -2.19. The van der Waals surface area contributed by atoms with Crippen LogP contribution in [0.15, 0.2) is 12.3 Å². The molecule has 0 aliphatic carbocycles. The third kappa shape index (κ3) is 3.65. The molecule has 0 radical (unpaired) electrons. The first-order valence-corrected chi connectivity index (χ1v) is 5.06. The van der Waals surface area contributed by atoms with Crippen LogP contribution in [-0.2, 0) is 18.9 Å². The van der Waals surface area contributed by atoms with Crippen molar-refractivity contribution in [3.05, 3.63) is 12.3 Å². The average Bonchev–Trinajstić information content (AvgIpc) is 3.03. The Morgan fingerprint density at radius 2 is 2.29 bits per heavy atom. The summed E-state index contributed by atoms with van der Waals surface area (Å²) < 4.78 is 21.0. The minimum Gasteiger partial charge on any atom is -0.473 e. The Kier molecular flexibility index (Phi) is 3.80. The summed E-state index contributed by atoms with van der Waals surface area (Å²) in [6, 6.07) is 0. The fraction of sp³-hybridized carbons (Fsp3) is 0.800. The molecule has 2 atom stereocenters. The molecular formula is C10H16O4. The number of epoxide rings is 1.